The normalized spacial score (nSPS) is 11.8. The van der Waals surface area contributed by atoms with Crippen LogP contribution < -0.4 is 0 Å². The largest absolute Gasteiger partial charge is 3.00 e. The number of carbonyl (C=O) groups is 1. The molecular formula is C8H16AlO2+3. The monoisotopic (exact) mass is 171 g/mol. The van der Waals surface area contributed by atoms with Crippen LogP contribution in [-0.4, -0.2) is 28.4 Å². The zero-order chi connectivity index (χ0) is 7.98. The predicted octanol–water partition coefficient (Wildman–Crippen LogP) is 1.91. The summed E-state index contributed by atoms with van der Waals surface area (Å²) in [5, 5.41) is 8.60. The van der Waals surface area contributed by atoms with Gasteiger partial charge >= 0.3 is 23.3 Å². The molecule has 0 saturated heterocycles. The molecule has 0 aliphatic heterocycles. The van der Waals surface area contributed by atoms with Gasteiger partial charge < -0.3 is 5.11 Å². The van der Waals surface area contributed by atoms with Gasteiger partial charge in [-0.1, -0.05) is 26.7 Å². The fourth-order valence-corrected chi connectivity index (χ4v) is 0.953. The Morgan fingerprint density at radius 2 is 2.00 bits per heavy atom. The van der Waals surface area contributed by atoms with Gasteiger partial charge in [0.15, 0.2) is 0 Å². The van der Waals surface area contributed by atoms with Crippen molar-refractivity contribution in [2.24, 2.45) is 5.92 Å². The molecule has 0 aromatic rings. The Bertz CT molecular complexity index is 104. The number of unbranched alkanes of at least 4 members (excludes halogenated alkanes) is 1. The van der Waals surface area contributed by atoms with E-state index in [1.807, 2.05) is 6.92 Å². The van der Waals surface area contributed by atoms with Crippen LogP contribution in [0, 0.1) is 5.92 Å². The maximum atomic E-state index is 10.4. The van der Waals surface area contributed by atoms with Crippen LogP contribution in [-0.2, 0) is 4.79 Å². The van der Waals surface area contributed by atoms with Crippen molar-refractivity contribution in [3.05, 3.63) is 0 Å². The van der Waals surface area contributed by atoms with Crippen LogP contribution >= 0.6 is 0 Å². The molecule has 0 aliphatic rings. The minimum absolute atomic E-state index is 0. The van der Waals surface area contributed by atoms with Crippen LogP contribution in [0.3, 0.4) is 0 Å². The van der Waals surface area contributed by atoms with E-state index >= 15 is 0 Å². The zero-order valence-electron chi connectivity index (χ0n) is 7.34. The SMILES string of the molecule is CCCCC(CC)C(=O)O.[Al+3]. The molecule has 0 saturated carbocycles. The van der Waals surface area contributed by atoms with Crippen molar-refractivity contribution < 1.29 is 9.90 Å². The molecule has 1 unspecified atom stereocenters. The third-order valence-corrected chi connectivity index (χ3v) is 1.75. The van der Waals surface area contributed by atoms with E-state index in [0.29, 0.717) is 0 Å². The topological polar surface area (TPSA) is 37.3 Å². The molecule has 0 aromatic heterocycles. The molecule has 0 aliphatic carbocycles. The van der Waals surface area contributed by atoms with E-state index in [4.69, 9.17) is 5.11 Å². The fourth-order valence-electron chi connectivity index (χ4n) is 0.953. The second-order valence-electron chi connectivity index (χ2n) is 2.59. The Morgan fingerprint density at radius 1 is 1.45 bits per heavy atom. The first-order valence-electron chi connectivity index (χ1n) is 3.95. The van der Waals surface area contributed by atoms with Crippen molar-refractivity contribution in [1.29, 1.82) is 0 Å². The van der Waals surface area contributed by atoms with Gasteiger partial charge in [-0.3, -0.25) is 4.79 Å². The molecular weight excluding hydrogens is 155 g/mol. The van der Waals surface area contributed by atoms with Crippen molar-refractivity contribution in [3.8, 4) is 0 Å². The summed E-state index contributed by atoms with van der Waals surface area (Å²) in [5.74, 6) is -0.754. The second kappa shape index (κ2) is 8.10. The van der Waals surface area contributed by atoms with Crippen molar-refractivity contribution >= 4 is 23.3 Å². The number of hydrogen-bond acceptors (Lipinski definition) is 1. The molecule has 0 heterocycles. The fraction of sp³-hybridized carbons (Fsp3) is 0.875. The number of aliphatic carboxylic acids is 1. The van der Waals surface area contributed by atoms with E-state index in [-0.39, 0.29) is 23.3 Å². The predicted molar refractivity (Wildman–Crippen MR) is 46.7 cm³/mol. The molecule has 0 fully saturated rings. The first-order chi connectivity index (χ1) is 4.72. The van der Waals surface area contributed by atoms with Crippen LogP contribution in [0.15, 0.2) is 0 Å². The Balaban J connectivity index is 0. The third-order valence-electron chi connectivity index (χ3n) is 1.75. The van der Waals surface area contributed by atoms with Crippen LogP contribution in [0.1, 0.15) is 39.5 Å². The quantitative estimate of drug-likeness (QED) is 0.641. The number of hydrogen-bond donors (Lipinski definition) is 1. The Labute approximate surface area is 79.1 Å². The van der Waals surface area contributed by atoms with E-state index in [0.717, 1.165) is 25.7 Å². The van der Waals surface area contributed by atoms with E-state index in [1.54, 1.807) is 0 Å². The summed E-state index contributed by atoms with van der Waals surface area (Å²) < 4.78 is 0. The molecule has 0 radical (unpaired) electrons. The van der Waals surface area contributed by atoms with Gasteiger partial charge in [-0.15, -0.1) is 0 Å². The summed E-state index contributed by atoms with van der Waals surface area (Å²) in [7, 11) is 0. The van der Waals surface area contributed by atoms with E-state index in [9.17, 15) is 4.79 Å². The Morgan fingerprint density at radius 3 is 2.27 bits per heavy atom. The average Bonchev–Trinajstić information content (AvgIpc) is 1.89. The third kappa shape index (κ3) is 6.40. The van der Waals surface area contributed by atoms with Crippen LogP contribution in [0.2, 0.25) is 0 Å². The molecule has 3 heteroatoms. The van der Waals surface area contributed by atoms with Gasteiger partial charge in [-0.2, -0.15) is 0 Å². The molecule has 11 heavy (non-hydrogen) atoms. The molecule has 0 rings (SSSR count). The standard InChI is InChI=1S/C8H16O2.Al/c1-3-5-6-7(4-2)8(9)10;/h7H,3-6H2,1-2H3,(H,9,10);/q;+3. The summed E-state index contributed by atoms with van der Waals surface area (Å²) in [6, 6.07) is 0. The van der Waals surface area contributed by atoms with Gasteiger partial charge in [-0.05, 0) is 12.8 Å². The molecule has 0 aromatic carbocycles. The first-order valence-corrected chi connectivity index (χ1v) is 3.95. The number of rotatable bonds is 5. The van der Waals surface area contributed by atoms with Crippen molar-refractivity contribution in [3.63, 3.8) is 0 Å². The van der Waals surface area contributed by atoms with E-state index in [2.05, 4.69) is 6.92 Å². The molecule has 0 bridgehead atoms. The summed E-state index contributed by atoms with van der Waals surface area (Å²) in [6.45, 7) is 4.00. The van der Waals surface area contributed by atoms with E-state index < -0.39 is 5.97 Å². The first kappa shape index (κ1) is 13.6. The minimum Gasteiger partial charge on any atom is -0.481 e. The minimum atomic E-state index is -0.643. The molecule has 2 nitrogen and oxygen atoms in total. The zero-order valence-corrected chi connectivity index (χ0v) is 8.49. The number of carboxylic acid groups (broad SMARTS) is 1. The molecule has 1 atom stereocenters. The summed E-state index contributed by atoms with van der Waals surface area (Å²) in [5.41, 5.74) is 0. The number of carboxylic acids is 1. The maximum absolute atomic E-state index is 10.4. The smallest absolute Gasteiger partial charge is 0.481 e. The van der Waals surface area contributed by atoms with Crippen molar-refractivity contribution in [2.75, 3.05) is 0 Å². The van der Waals surface area contributed by atoms with Gasteiger partial charge in [0.2, 0.25) is 0 Å². The van der Waals surface area contributed by atoms with Gasteiger partial charge in [0.05, 0.1) is 5.92 Å². The van der Waals surface area contributed by atoms with E-state index in [1.165, 1.54) is 0 Å². The Hall–Kier alpha value is 0.00247. The molecule has 0 spiro atoms. The Kier molecular flexibility index (Phi) is 10.0. The summed E-state index contributed by atoms with van der Waals surface area (Å²) >= 11 is 0. The molecule has 0 amide bonds. The van der Waals surface area contributed by atoms with Gasteiger partial charge in [0.25, 0.3) is 0 Å². The summed E-state index contributed by atoms with van der Waals surface area (Å²) in [6.07, 6.45) is 3.71. The average molecular weight is 171 g/mol. The maximum Gasteiger partial charge on any atom is 3.00 e. The molecule has 1 N–H and O–H groups in total. The summed E-state index contributed by atoms with van der Waals surface area (Å²) in [4.78, 5) is 10.4. The van der Waals surface area contributed by atoms with Crippen LogP contribution in [0.5, 0.6) is 0 Å². The van der Waals surface area contributed by atoms with Gasteiger partial charge in [0.1, 0.15) is 0 Å². The van der Waals surface area contributed by atoms with Crippen LogP contribution in [0.25, 0.3) is 0 Å². The second-order valence-corrected chi connectivity index (χ2v) is 2.59. The van der Waals surface area contributed by atoms with Crippen molar-refractivity contribution in [2.45, 2.75) is 39.5 Å². The van der Waals surface area contributed by atoms with Gasteiger partial charge in [0, 0.05) is 0 Å². The molecule has 60 valence electrons. The van der Waals surface area contributed by atoms with Crippen molar-refractivity contribution in [1.82, 2.24) is 0 Å². The van der Waals surface area contributed by atoms with Crippen LogP contribution in [0.4, 0.5) is 0 Å². The van der Waals surface area contributed by atoms with Gasteiger partial charge in [-0.25, -0.2) is 0 Å².